The first-order valence-electron chi connectivity index (χ1n) is 8.39. The summed E-state index contributed by atoms with van der Waals surface area (Å²) in [4.78, 5) is 23.1. The van der Waals surface area contributed by atoms with Gasteiger partial charge in [0.05, 0.1) is 19.1 Å². The second-order valence-electron chi connectivity index (χ2n) is 5.76. The summed E-state index contributed by atoms with van der Waals surface area (Å²) in [5.74, 6) is 0.121. The minimum absolute atomic E-state index is 0.0472. The van der Waals surface area contributed by atoms with Crippen molar-refractivity contribution in [1.82, 2.24) is 10.6 Å². The highest BCUT2D eigenvalue weighted by Gasteiger charge is 2.09. The van der Waals surface area contributed by atoms with Crippen molar-refractivity contribution in [3.63, 3.8) is 0 Å². The van der Waals surface area contributed by atoms with Crippen LogP contribution >= 0.6 is 12.2 Å². The van der Waals surface area contributed by atoms with E-state index in [1.807, 2.05) is 45.0 Å². The van der Waals surface area contributed by atoms with Crippen LogP contribution in [-0.2, 0) is 20.9 Å². The van der Waals surface area contributed by atoms with Crippen LogP contribution in [0.25, 0.3) is 0 Å². The minimum Gasteiger partial charge on any atom is -0.491 e. The third kappa shape index (κ3) is 9.66. The van der Waals surface area contributed by atoms with E-state index in [0.29, 0.717) is 13.2 Å². The lowest BCUT2D eigenvalue weighted by Gasteiger charge is -2.12. The molecule has 0 fully saturated rings. The van der Waals surface area contributed by atoms with Crippen LogP contribution in [-0.4, -0.2) is 29.7 Å². The van der Waals surface area contributed by atoms with E-state index < -0.39 is 0 Å². The second-order valence-corrected chi connectivity index (χ2v) is 6.17. The summed E-state index contributed by atoms with van der Waals surface area (Å²) in [5, 5.41) is 5.73. The van der Waals surface area contributed by atoms with Gasteiger partial charge in [-0.15, -0.1) is 0 Å². The molecule has 0 heterocycles. The number of rotatable bonds is 9. The normalized spacial score (nSPS) is 10.2. The van der Waals surface area contributed by atoms with E-state index in [0.717, 1.165) is 17.7 Å². The molecule has 25 heavy (non-hydrogen) atoms. The largest absolute Gasteiger partial charge is 0.491 e. The van der Waals surface area contributed by atoms with Gasteiger partial charge in [0.2, 0.25) is 5.91 Å². The molecule has 0 bridgehead atoms. The molecule has 138 valence electrons. The lowest BCUT2D eigenvalue weighted by Crippen LogP contribution is -2.38. The van der Waals surface area contributed by atoms with Gasteiger partial charge in [-0.25, -0.2) is 0 Å². The first-order valence-corrected chi connectivity index (χ1v) is 8.80. The van der Waals surface area contributed by atoms with Crippen LogP contribution in [0.15, 0.2) is 24.3 Å². The molecule has 0 unspecified atom stereocenters. The maximum atomic E-state index is 11.7. The van der Waals surface area contributed by atoms with Crippen LogP contribution in [0.5, 0.6) is 5.75 Å². The summed E-state index contributed by atoms with van der Waals surface area (Å²) in [7, 11) is 0. The molecule has 0 saturated heterocycles. The number of thiocarbonyl (C=S) groups is 1. The maximum Gasteiger partial charge on any atom is 0.306 e. The Kier molecular flexibility index (Phi) is 9.54. The van der Waals surface area contributed by atoms with E-state index >= 15 is 0 Å². The van der Waals surface area contributed by atoms with Gasteiger partial charge in [0.25, 0.3) is 0 Å². The number of benzene rings is 1. The van der Waals surface area contributed by atoms with E-state index in [9.17, 15) is 9.59 Å². The van der Waals surface area contributed by atoms with E-state index in [1.165, 1.54) is 0 Å². The van der Waals surface area contributed by atoms with Gasteiger partial charge < -0.3 is 20.1 Å². The van der Waals surface area contributed by atoms with Crippen molar-refractivity contribution < 1.29 is 19.1 Å². The van der Waals surface area contributed by atoms with Crippen LogP contribution in [0.2, 0.25) is 0 Å². The molecule has 0 aliphatic heterocycles. The van der Waals surface area contributed by atoms with Crippen LogP contribution in [0.1, 0.15) is 45.6 Å². The zero-order valence-electron chi connectivity index (χ0n) is 15.0. The van der Waals surface area contributed by atoms with Gasteiger partial charge in [-0.1, -0.05) is 19.1 Å². The maximum absolute atomic E-state index is 11.7. The average molecular weight is 366 g/mol. The Balaban J connectivity index is 2.27. The summed E-state index contributed by atoms with van der Waals surface area (Å²) < 4.78 is 10.5. The van der Waals surface area contributed by atoms with Crippen molar-refractivity contribution in [3.8, 4) is 5.75 Å². The zero-order chi connectivity index (χ0) is 18.7. The number of carbonyl (C=O) groups excluding carboxylic acids is 2. The van der Waals surface area contributed by atoms with Crippen LogP contribution in [0, 0.1) is 0 Å². The number of hydrogen-bond acceptors (Lipinski definition) is 5. The second kappa shape index (κ2) is 11.4. The number of nitrogens with one attached hydrogen (secondary N) is 2. The Morgan fingerprint density at radius 3 is 2.44 bits per heavy atom. The van der Waals surface area contributed by atoms with Gasteiger partial charge in [-0.3, -0.25) is 9.59 Å². The predicted octanol–water partition coefficient (Wildman–Crippen LogP) is 2.70. The first kappa shape index (κ1) is 20.9. The predicted molar refractivity (Wildman–Crippen MR) is 100 cm³/mol. The van der Waals surface area contributed by atoms with Gasteiger partial charge in [0.15, 0.2) is 5.11 Å². The van der Waals surface area contributed by atoms with E-state index in [-0.39, 0.29) is 35.9 Å². The molecule has 0 aromatic heterocycles. The van der Waals surface area contributed by atoms with Gasteiger partial charge >= 0.3 is 5.97 Å². The number of carbonyl (C=O) groups is 2. The highest BCUT2D eigenvalue weighted by atomic mass is 32.1. The summed E-state index contributed by atoms with van der Waals surface area (Å²) in [6.07, 6.45) is 0.986. The SMILES string of the molecule is CCCOC(=O)CCC(=O)NC(=S)NCc1ccc(OC(C)C)cc1. The molecule has 2 N–H and O–H groups in total. The third-order valence-electron chi connectivity index (χ3n) is 3.02. The standard InChI is InChI=1S/C18H26N2O4S/c1-4-11-23-17(22)10-9-16(21)20-18(25)19-12-14-5-7-15(8-6-14)24-13(2)3/h5-8,13H,4,9-12H2,1-3H3,(H2,19,20,21,25). The molecule has 0 spiro atoms. The number of ether oxygens (including phenoxy) is 2. The third-order valence-corrected chi connectivity index (χ3v) is 3.27. The van der Waals surface area contributed by atoms with Crippen molar-refractivity contribution in [1.29, 1.82) is 0 Å². The zero-order valence-corrected chi connectivity index (χ0v) is 15.8. The van der Waals surface area contributed by atoms with E-state index in [2.05, 4.69) is 10.6 Å². The van der Waals surface area contributed by atoms with Crippen molar-refractivity contribution in [2.75, 3.05) is 6.61 Å². The van der Waals surface area contributed by atoms with Crippen LogP contribution < -0.4 is 15.4 Å². The van der Waals surface area contributed by atoms with Gasteiger partial charge in [0, 0.05) is 13.0 Å². The van der Waals surface area contributed by atoms with E-state index in [1.54, 1.807) is 0 Å². The lowest BCUT2D eigenvalue weighted by atomic mass is 10.2. The number of esters is 1. The molecular weight excluding hydrogens is 340 g/mol. The molecule has 0 aliphatic rings. The smallest absolute Gasteiger partial charge is 0.306 e. The molecule has 1 aromatic carbocycles. The summed E-state index contributed by atoms with van der Waals surface area (Å²) >= 11 is 5.08. The highest BCUT2D eigenvalue weighted by molar-refractivity contribution is 7.80. The fourth-order valence-electron chi connectivity index (χ4n) is 1.88. The fourth-order valence-corrected chi connectivity index (χ4v) is 2.06. The Hall–Kier alpha value is -2.15. The topological polar surface area (TPSA) is 76.7 Å². The summed E-state index contributed by atoms with van der Waals surface area (Å²) in [6, 6.07) is 7.64. The monoisotopic (exact) mass is 366 g/mol. The van der Waals surface area contributed by atoms with Crippen LogP contribution in [0.4, 0.5) is 0 Å². The van der Waals surface area contributed by atoms with Gasteiger partial charge in [-0.05, 0) is 50.2 Å². The Morgan fingerprint density at radius 1 is 1.16 bits per heavy atom. The molecule has 0 saturated carbocycles. The van der Waals surface area contributed by atoms with Crippen LogP contribution in [0.3, 0.4) is 0 Å². The Bertz CT molecular complexity index is 573. The number of hydrogen-bond donors (Lipinski definition) is 2. The summed E-state index contributed by atoms with van der Waals surface area (Å²) in [6.45, 7) is 6.72. The van der Waals surface area contributed by atoms with E-state index in [4.69, 9.17) is 21.7 Å². The molecule has 7 heteroatoms. The van der Waals surface area contributed by atoms with Crippen molar-refractivity contribution in [3.05, 3.63) is 29.8 Å². The Morgan fingerprint density at radius 2 is 1.84 bits per heavy atom. The number of amides is 1. The minimum atomic E-state index is -0.375. The first-order chi connectivity index (χ1) is 11.9. The molecule has 1 amide bonds. The highest BCUT2D eigenvalue weighted by Crippen LogP contribution is 2.13. The molecule has 1 rings (SSSR count). The molecule has 1 aromatic rings. The summed E-state index contributed by atoms with van der Waals surface area (Å²) in [5.41, 5.74) is 1.01. The lowest BCUT2D eigenvalue weighted by molar-refractivity contribution is -0.144. The molecule has 0 radical (unpaired) electrons. The molecule has 0 aliphatic carbocycles. The molecule has 0 atom stereocenters. The fraction of sp³-hybridized carbons (Fsp3) is 0.500. The van der Waals surface area contributed by atoms with Crippen molar-refractivity contribution >= 4 is 29.2 Å². The van der Waals surface area contributed by atoms with Gasteiger partial charge in [0.1, 0.15) is 5.75 Å². The van der Waals surface area contributed by atoms with Crippen molar-refractivity contribution in [2.45, 2.75) is 52.7 Å². The average Bonchev–Trinajstić information content (AvgIpc) is 2.57. The Labute approximate surface area is 154 Å². The van der Waals surface area contributed by atoms with Gasteiger partial charge in [-0.2, -0.15) is 0 Å². The van der Waals surface area contributed by atoms with Crippen molar-refractivity contribution in [2.24, 2.45) is 0 Å². The quantitative estimate of drug-likeness (QED) is 0.517. The molecular formula is C18H26N2O4S. The molecule has 6 nitrogen and oxygen atoms in total.